The molecule has 0 saturated heterocycles. The Morgan fingerprint density at radius 3 is 1.55 bits per heavy atom. The first kappa shape index (κ1) is 15.7. The molecule has 7 nitrogen and oxygen atoms in total. The van der Waals surface area contributed by atoms with Gasteiger partial charge in [0.25, 0.3) is 0 Å². The maximum Gasteiger partial charge on any atom is 0.566 e. The van der Waals surface area contributed by atoms with Gasteiger partial charge in [-0.25, -0.2) is 4.79 Å². The molecular formula is C13H14B2N2O5. The van der Waals surface area contributed by atoms with Gasteiger partial charge in [0.05, 0.1) is 0 Å². The SMILES string of the molecule is Nc1ccccc1B(O)OC(=O)OB(O)c1ccccc1N. The van der Waals surface area contributed by atoms with E-state index >= 15 is 0 Å². The normalized spacial score (nSPS) is 9.91. The van der Waals surface area contributed by atoms with Gasteiger partial charge in [-0.2, -0.15) is 0 Å². The maximum absolute atomic E-state index is 11.6. The van der Waals surface area contributed by atoms with Crippen LogP contribution in [0.2, 0.25) is 0 Å². The van der Waals surface area contributed by atoms with Crippen molar-refractivity contribution >= 4 is 42.7 Å². The Morgan fingerprint density at radius 1 is 0.818 bits per heavy atom. The molecule has 6 N–H and O–H groups in total. The fourth-order valence-electron chi connectivity index (χ4n) is 1.81. The van der Waals surface area contributed by atoms with E-state index in [0.717, 1.165) is 0 Å². The van der Waals surface area contributed by atoms with Gasteiger partial charge >= 0.3 is 20.4 Å². The van der Waals surface area contributed by atoms with Crippen LogP contribution >= 0.6 is 0 Å². The zero-order valence-electron chi connectivity index (χ0n) is 11.5. The molecule has 0 atom stereocenters. The second-order valence-electron chi connectivity index (χ2n) is 4.45. The van der Waals surface area contributed by atoms with Crippen molar-refractivity contribution in [2.75, 3.05) is 11.5 Å². The van der Waals surface area contributed by atoms with Gasteiger partial charge in [-0.3, -0.25) is 0 Å². The van der Waals surface area contributed by atoms with E-state index < -0.39 is 20.4 Å². The smallest absolute Gasteiger partial charge is 0.474 e. The molecule has 9 heteroatoms. The standard InChI is InChI=1S/C13H14B2N2O5/c16-11-7-3-1-5-9(11)14(19)21-13(18)22-15(20)10-6-2-4-8-12(10)17/h1-8,19-20H,16-17H2. The Balaban J connectivity index is 1.98. The predicted octanol–water partition coefficient (Wildman–Crippen LogP) is -0.921. The van der Waals surface area contributed by atoms with Crippen LogP contribution in [0.3, 0.4) is 0 Å². The maximum atomic E-state index is 11.6. The minimum Gasteiger partial charge on any atom is -0.474 e. The van der Waals surface area contributed by atoms with Crippen molar-refractivity contribution in [3.8, 4) is 0 Å². The number of carbonyl (C=O) groups excluding carboxylic acids is 1. The molecule has 0 heterocycles. The molecule has 0 fully saturated rings. The largest absolute Gasteiger partial charge is 0.566 e. The van der Waals surface area contributed by atoms with E-state index in [1.54, 1.807) is 36.4 Å². The van der Waals surface area contributed by atoms with Crippen molar-refractivity contribution in [2.24, 2.45) is 0 Å². The number of anilines is 2. The Hall–Kier alpha value is -2.64. The molecule has 0 unspecified atom stereocenters. The van der Waals surface area contributed by atoms with E-state index in [4.69, 9.17) is 11.5 Å². The first-order chi connectivity index (χ1) is 10.5. The monoisotopic (exact) mass is 300 g/mol. The molecule has 0 aliphatic heterocycles. The summed E-state index contributed by atoms with van der Waals surface area (Å²) >= 11 is 0. The van der Waals surface area contributed by atoms with Crippen LogP contribution in [0.5, 0.6) is 0 Å². The number of carbonyl (C=O) groups is 1. The third kappa shape index (κ3) is 3.72. The highest BCUT2D eigenvalue weighted by molar-refractivity contribution is 6.65. The summed E-state index contributed by atoms with van der Waals surface area (Å²) in [5.74, 6) is 0. The van der Waals surface area contributed by atoms with Gasteiger partial charge < -0.3 is 30.8 Å². The quantitative estimate of drug-likeness (QED) is 0.424. The predicted molar refractivity (Wildman–Crippen MR) is 84.5 cm³/mol. The zero-order valence-corrected chi connectivity index (χ0v) is 11.5. The summed E-state index contributed by atoms with van der Waals surface area (Å²) in [6.07, 6.45) is -1.26. The van der Waals surface area contributed by atoms with Crippen molar-refractivity contribution in [2.45, 2.75) is 0 Å². The van der Waals surface area contributed by atoms with Crippen molar-refractivity contribution in [3.63, 3.8) is 0 Å². The topological polar surface area (TPSA) is 128 Å². The molecule has 0 bridgehead atoms. The van der Waals surface area contributed by atoms with E-state index in [1.807, 2.05) is 0 Å². The lowest BCUT2D eigenvalue weighted by molar-refractivity contribution is 0.138. The summed E-state index contributed by atoms with van der Waals surface area (Å²) < 4.78 is 9.33. The van der Waals surface area contributed by atoms with Crippen LogP contribution in [0, 0.1) is 0 Å². The zero-order chi connectivity index (χ0) is 16.1. The van der Waals surface area contributed by atoms with Gasteiger partial charge in [-0.1, -0.05) is 36.4 Å². The average molecular weight is 300 g/mol. The number of hydrogen-bond donors (Lipinski definition) is 4. The number of benzene rings is 2. The van der Waals surface area contributed by atoms with Gasteiger partial charge in [-0.15, -0.1) is 0 Å². The molecule has 22 heavy (non-hydrogen) atoms. The van der Waals surface area contributed by atoms with Gasteiger partial charge in [0.1, 0.15) is 0 Å². The fourth-order valence-corrected chi connectivity index (χ4v) is 1.81. The molecule has 0 radical (unpaired) electrons. The summed E-state index contributed by atoms with van der Waals surface area (Å²) in [4.78, 5) is 11.6. The Kier molecular flexibility index (Phi) is 4.92. The minimum absolute atomic E-state index is 0.216. The summed E-state index contributed by atoms with van der Waals surface area (Å²) in [6, 6.07) is 12.7. The second-order valence-corrected chi connectivity index (χ2v) is 4.45. The molecule has 2 rings (SSSR count). The summed E-state index contributed by atoms with van der Waals surface area (Å²) in [7, 11) is -3.21. The van der Waals surface area contributed by atoms with Crippen LogP contribution in [-0.2, 0) is 9.31 Å². The van der Waals surface area contributed by atoms with Crippen molar-refractivity contribution in [1.82, 2.24) is 0 Å². The van der Waals surface area contributed by atoms with Crippen LogP contribution in [0.25, 0.3) is 0 Å². The van der Waals surface area contributed by atoms with E-state index in [2.05, 4.69) is 9.31 Å². The Bertz CT molecular complexity index is 615. The lowest BCUT2D eigenvalue weighted by Gasteiger charge is -2.13. The van der Waals surface area contributed by atoms with Gasteiger partial charge in [0.2, 0.25) is 0 Å². The highest BCUT2D eigenvalue weighted by Crippen LogP contribution is 2.02. The molecule has 2 aromatic carbocycles. The second kappa shape index (κ2) is 6.88. The highest BCUT2D eigenvalue weighted by atomic mass is 16.7. The number of rotatable bonds is 4. The van der Waals surface area contributed by atoms with E-state index in [0.29, 0.717) is 0 Å². The van der Waals surface area contributed by atoms with Crippen LogP contribution in [0.4, 0.5) is 16.2 Å². The molecule has 2 aromatic rings. The lowest BCUT2D eigenvalue weighted by Crippen LogP contribution is -2.42. The first-order valence-electron chi connectivity index (χ1n) is 6.41. The molecular weight excluding hydrogens is 286 g/mol. The van der Waals surface area contributed by atoms with Crippen LogP contribution in [-0.4, -0.2) is 30.4 Å². The Morgan fingerprint density at radius 2 is 1.18 bits per heavy atom. The van der Waals surface area contributed by atoms with Gasteiger partial charge in [0, 0.05) is 22.3 Å². The van der Waals surface area contributed by atoms with E-state index in [1.165, 1.54) is 12.1 Å². The molecule has 0 aromatic heterocycles. The molecule has 0 saturated carbocycles. The molecule has 0 aliphatic carbocycles. The van der Waals surface area contributed by atoms with Crippen molar-refractivity contribution in [3.05, 3.63) is 48.5 Å². The summed E-state index contributed by atoms with van der Waals surface area (Å²) in [5, 5.41) is 19.6. The van der Waals surface area contributed by atoms with E-state index in [9.17, 15) is 14.8 Å². The van der Waals surface area contributed by atoms with Crippen molar-refractivity contribution < 1.29 is 24.2 Å². The number of nitrogen functional groups attached to an aromatic ring is 2. The number of nitrogens with two attached hydrogens (primary N) is 2. The average Bonchev–Trinajstić information content (AvgIpc) is 2.47. The van der Waals surface area contributed by atoms with Gasteiger partial charge in [-0.05, 0) is 12.1 Å². The van der Waals surface area contributed by atoms with Gasteiger partial charge in [0.15, 0.2) is 0 Å². The minimum atomic E-state index is -1.60. The number of hydrogen-bond acceptors (Lipinski definition) is 7. The summed E-state index contributed by atoms with van der Waals surface area (Å²) in [5.41, 5.74) is 12.3. The fraction of sp³-hybridized carbons (Fsp3) is 0. The van der Waals surface area contributed by atoms with Crippen LogP contribution in [0.15, 0.2) is 48.5 Å². The first-order valence-corrected chi connectivity index (χ1v) is 6.41. The molecule has 0 spiro atoms. The summed E-state index contributed by atoms with van der Waals surface area (Å²) in [6.45, 7) is 0. The Labute approximate surface area is 127 Å². The molecule has 0 amide bonds. The van der Waals surface area contributed by atoms with Crippen LogP contribution in [0.1, 0.15) is 0 Å². The molecule has 0 aliphatic rings. The van der Waals surface area contributed by atoms with Crippen molar-refractivity contribution in [1.29, 1.82) is 0 Å². The third-order valence-corrected chi connectivity index (χ3v) is 2.94. The lowest BCUT2D eigenvalue weighted by atomic mass is 9.78. The third-order valence-electron chi connectivity index (χ3n) is 2.94. The highest BCUT2D eigenvalue weighted by Gasteiger charge is 2.29. The molecule has 112 valence electrons. The van der Waals surface area contributed by atoms with E-state index in [-0.39, 0.29) is 22.3 Å². The number of para-hydroxylation sites is 2. The van der Waals surface area contributed by atoms with Crippen LogP contribution < -0.4 is 22.4 Å².